The summed E-state index contributed by atoms with van der Waals surface area (Å²) in [4.78, 5) is 12.8. The van der Waals surface area contributed by atoms with Crippen molar-refractivity contribution in [1.82, 2.24) is 0 Å². The first-order valence-electron chi connectivity index (χ1n) is 5.57. The van der Waals surface area contributed by atoms with E-state index in [2.05, 4.69) is 22.9 Å². The number of thiophene rings is 1. The number of hydrogen-bond donors (Lipinski definition) is 1. The molecule has 1 unspecified atom stereocenters. The molecule has 1 atom stereocenters. The van der Waals surface area contributed by atoms with Crippen molar-refractivity contribution < 1.29 is 4.79 Å². The van der Waals surface area contributed by atoms with E-state index in [-0.39, 0.29) is 0 Å². The molecule has 0 aliphatic heterocycles. The second-order valence-electron chi connectivity index (χ2n) is 4.14. The summed E-state index contributed by atoms with van der Waals surface area (Å²) in [6.45, 7) is 2.87. The van der Waals surface area contributed by atoms with E-state index >= 15 is 0 Å². The van der Waals surface area contributed by atoms with E-state index in [1.165, 1.54) is 0 Å². The summed E-state index contributed by atoms with van der Waals surface area (Å²) in [7, 11) is 0. The van der Waals surface area contributed by atoms with Crippen LogP contribution >= 0.6 is 27.3 Å². The molecule has 0 spiro atoms. The monoisotopic (exact) mass is 303 g/mol. The summed E-state index contributed by atoms with van der Waals surface area (Å²) >= 11 is 5.03. The molecule has 0 bridgehead atoms. The summed E-state index contributed by atoms with van der Waals surface area (Å²) in [6, 6.07) is 4.00. The zero-order chi connectivity index (χ0) is 12.0. The fourth-order valence-electron chi connectivity index (χ4n) is 1.57. The summed E-state index contributed by atoms with van der Waals surface area (Å²) in [5.41, 5.74) is 5.47. The van der Waals surface area contributed by atoms with Crippen molar-refractivity contribution in [3.63, 3.8) is 0 Å². The fourth-order valence-corrected chi connectivity index (χ4v) is 3.08. The van der Waals surface area contributed by atoms with Gasteiger partial charge in [0.2, 0.25) is 0 Å². The molecule has 90 valence electrons. The van der Waals surface area contributed by atoms with Gasteiger partial charge in [0.25, 0.3) is 0 Å². The van der Waals surface area contributed by atoms with Crippen LogP contribution in [-0.4, -0.2) is 12.3 Å². The highest BCUT2D eigenvalue weighted by Crippen LogP contribution is 2.23. The zero-order valence-corrected chi connectivity index (χ0v) is 11.9. The molecule has 0 radical (unpaired) electrons. The van der Waals surface area contributed by atoms with Crippen molar-refractivity contribution in [1.29, 1.82) is 0 Å². The van der Waals surface area contributed by atoms with Gasteiger partial charge in [-0.3, -0.25) is 4.79 Å². The molecule has 0 aliphatic rings. The normalized spacial score (nSPS) is 12.7. The molecule has 0 amide bonds. The highest BCUT2D eigenvalue weighted by atomic mass is 79.9. The molecule has 0 aromatic carbocycles. The Morgan fingerprint density at radius 2 is 2.25 bits per heavy atom. The average Bonchev–Trinajstić information content (AvgIpc) is 2.61. The van der Waals surface area contributed by atoms with E-state index in [1.54, 1.807) is 11.3 Å². The predicted octanol–water partition coefficient (Wildman–Crippen LogP) is 3.39. The number of hydrogen-bond acceptors (Lipinski definition) is 3. The number of nitrogens with two attached hydrogens (primary N) is 1. The number of carbonyl (C=O) groups excluding carboxylic acids is 1. The second-order valence-corrected chi connectivity index (χ2v) is 6.69. The van der Waals surface area contributed by atoms with Crippen LogP contribution < -0.4 is 5.73 Å². The maximum Gasteiger partial charge on any atom is 0.138 e. The van der Waals surface area contributed by atoms with Crippen LogP contribution in [0.1, 0.15) is 31.1 Å². The summed E-state index contributed by atoms with van der Waals surface area (Å²) in [5, 5.41) is 0. The van der Waals surface area contributed by atoms with Crippen LogP contribution in [0.3, 0.4) is 0 Å². The predicted molar refractivity (Wildman–Crippen MR) is 72.8 cm³/mol. The van der Waals surface area contributed by atoms with Crippen LogP contribution in [0.4, 0.5) is 0 Å². The molecule has 1 heterocycles. The third-order valence-electron chi connectivity index (χ3n) is 2.58. The Morgan fingerprint density at radius 1 is 1.50 bits per heavy atom. The van der Waals surface area contributed by atoms with E-state index in [0.29, 0.717) is 31.1 Å². The van der Waals surface area contributed by atoms with Crippen molar-refractivity contribution in [3.05, 3.63) is 20.8 Å². The molecule has 0 saturated heterocycles. The minimum atomic E-state index is 0.332. The van der Waals surface area contributed by atoms with Crippen LogP contribution in [0.5, 0.6) is 0 Å². The molecule has 0 fully saturated rings. The van der Waals surface area contributed by atoms with Gasteiger partial charge in [-0.25, -0.2) is 0 Å². The van der Waals surface area contributed by atoms with Gasteiger partial charge in [-0.15, -0.1) is 11.3 Å². The van der Waals surface area contributed by atoms with Gasteiger partial charge in [0.05, 0.1) is 3.79 Å². The Morgan fingerprint density at radius 3 is 2.81 bits per heavy atom. The molecule has 0 aliphatic carbocycles. The van der Waals surface area contributed by atoms with Crippen LogP contribution in [0.15, 0.2) is 15.9 Å². The summed E-state index contributed by atoms with van der Waals surface area (Å²) in [6.07, 6.45) is 3.22. The lowest BCUT2D eigenvalue weighted by atomic mass is 9.99. The first-order valence-corrected chi connectivity index (χ1v) is 7.18. The Balaban J connectivity index is 2.26. The largest absolute Gasteiger partial charge is 0.330 e. The number of rotatable bonds is 7. The maximum atomic E-state index is 11.7. The van der Waals surface area contributed by atoms with Gasteiger partial charge in [0.1, 0.15) is 5.78 Å². The lowest BCUT2D eigenvalue weighted by Crippen LogP contribution is -2.09. The van der Waals surface area contributed by atoms with Gasteiger partial charge in [-0.2, -0.15) is 0 Å². The third-order valence-corrected chi connectivity index (χ3v) is 4.20. The summed E-state index contributed by atoms with van der Waals surface area (Å²) in [5.74, 6) is 0.891. The van der Waals surface area contributed by atoms with Crippen molar-refractivity contribution in [3.8, 4) is 0 Å². The van der Waals surface area contributed by atoms with E-state index in [9.17, 15) is 4.79 Å². The molecule has 2 nitrogen and oxygen atoms in total. The average molecular weight is 304 g/mol. The molecule has 1 aromatic heterocycles. The minimum absolute atomic E-state index is 0.332. The SMILES string of the molecule is CC(CCN)CCC(=O)Cc1ccc(Br)s1. The van der Waals surface area contributed by atoms with Crippen LogP contribution in [0.25, 0.3) is 0 Å². The number of ketones is 1. The molecule has 1 rings (SSSR count). The standard InChI is InChI=1S/C12H18BrNOS/c1-9(6-7-14)2-3-10(15)8-11-4-5-12(13)16-11/h4-5,9H,2-3,6-8,14H2,1H3. The first-order chi connectivity index (χ1) is 7.61. The zero-order valence-electron chi connectivity index (χ0n) is 9.54. The van der Waals surface area contributed by atoms with Gasteiger partial charge in [-0.05, 0) is 53.4 Å². The molecule has 4 heteroatoms. The molecular weight excluding hydrogens is 286 g/mol. The fraction of sp³-hybridized carbons (Fsp3) is 0.583. The maximum absolute atomic E-state index is 11.7. The van der Waals surface area contributed by atoms with E-state index in [4.69, 9.17) is 5.73 Å². The van der Waals surface area contributed by atoms with Crippen LogP contribution in [-0.2, 0) is 11.2 Å². The van der Waals surface area contributed by atoms with E-state index < -0.39 is 0 Å². The van der Waals surface area contributed by atoms with Gasteiger partial charge in [-0.1, -0.05) is 6.92 Å². The molecule has 1 aromatic rings. The molecule has 2 N–H and O–H groups in total. The van der Waals surface area contributed by atoms with Crippen molar-refractivity contribution >= 4 is 33.0 Å². The minimum Gasteiger partial charge on any atom is -0.330 e. The molecule has 0 saturated carbocycles. The van der Waals surface area contributed by atoms with Gasteiger partial charge < -0.3 is 5.73 Å². The molecule has 16 heavy (non-hydrogen) atoms. The van der Waals surface area contributed by atoms with Crippen molar-refractivity contribution in [2.75, 3.05) is 6.54 Å². The van der Waals surface area contributed by atoms with Gasteiger partial charge in [0.15, 0.2) is 0 Å². The Bertz CT molecular complexity index is 338. The number of carbonyl (C=O) groups is 1. The highest BCUT2D eigenvalue weighted by Gasteiger charge is 2.08. The Labute approximate surface area is 109 Å². The van der Waals surface area contributed by atoms with Crippen LogP contribution in [0, 0.1) is 5.92 Å². The van der Waals surface area contributed by atoms with Gasteiger partial charge >= 0.3 is 0 Å². The number of Topliss-reactive ketones (excluding diaryl/α,β-unsaturated/α-hetero) is 1. The topological polar surface area (TPSA) is 43.1 Å². The summed E-state index contributed by atoms with van der Waals surface area (Å²) < 4.78 is 1.09. The van der Waals surface area contributed by atoms with Crippen molar-refractivity contribution in [2.24, 2.45) is 11.7 Å². The first kappa shape index (κ1) is 13.9. The van der Waals surface area contributed by atoms with Crippen molar-refractivity contribution in [2.45, 2.75) is 32.6 Å². The third kappa shape index (κ3) is 5.23. The van der Waals surface area contributed by atoms with Gasteiger partial charge in [0, 0.05) is 17.7 Å². The Hall–Kier alpha value is -0.190. The van der Waals surface area contributed by atoms with E-state index in [0.717, 1.165) is 21.5 Å². The second kappa shape index (κ2) is 7.20. The highest BCUT2D eigenvalue weighted by molar-refractivity contribution is 9.11. The quantitative estimate of drug-likeness (QED) is 0.839. The smallest absolute Gasteiger partial charge is 0.138 e. The lowest BCUT2D eigenvalue weighted by Gasteiger charge is -2.08. The lowest BCUT2D eigenvalue weighted by molar-refractivity contribution is -0.118. The van der Waals surface area contributed by atoms with E-state index in [1.807, 2.05) is 12.1 Å². The molecular formula is C12H18BrNOS. The Kier molecular flexibility index (Phi) is 6.24. The number of halogens is 1. The van der Waals surface area contributed by atoms with Crippen LogP contribution in [0.2, 0.25) is 0 Å².